The Morgan fingerprint density at radius 3 is 2.55 bits per heavy atom. The highest BCUT2D eigenvalue weighted by atomic mass is 35.5. The van der Waals surface area contributed by atoms with Crippen molar-refractivity contribution in [2.24, 2.45) is 5.92 Å². The summed E-state index contributed by atoms with van der Waals surface area (Å²) in [6.45, 7) is 3.60. The molecule has 7 heteroatoms. The lowest BCUT2D eigenvalue weighted by atomic mass is 9.91. The van der Waals surface area contributed by atoms with Crippen LogP contribution in [0.2, 0.25) is 10.0 Å². The topological polar surface area (TPSA) is 75.6 Å². The number of hydrogen-bond acceptors (Lipinski definition) is 3. The lowest BCUT2D eigenvalue weighted by Crippen LogP contribution is -2.51. The predicted octanol–water partition coefficient (Wildman–Crippen LogP) is 2.83. The van der Waals surface area contributed by atoms with Gasteiger partial charge in [0.2, 0.25) is 5.91 Å². The molecule has 0 aromatic heterocycles. The summed E-state index contributed by atoms with van der Waals surface area (Å²) in [4.78, 5) is 24.0. The van der Waals surface area contributed by atoms with E-state index in [9.17, 15) is 14.7 Å². The van der Waals surface area contributed by atoms with Crippen LogP contribution in [0.15, 0.2) is 18.2 Å². The van der Waals surface area contributed by atoms with Crippen LogP contribution in [0, 0.1) is 5.92 Å². The highest BCUT2D eigenvalue weighted by molar-refractivity contribution is 6.42. The maximum atomic E-state index is 12.3. The van der Waals surface area contributed by atoms with E-state index in [-0.39, 0.29) is 23.0 Å². The zero-order valence-corrected chi connectivity index (χ0v) is 13.7. The van der Waals surface area contributed by atoms with Crippen LogP contribution in [0.25, 0.3) is 0 Å². The fourth-order valence-corrected chi connectivity index (χ4v) is 2.70. The smallest absolute Gasteiger partial charge is 0.333 e. The molecule has 1 heterocycles. The van der Waals surface area contributed by atoms with Gasteiger partial charge in [-0.15, -0.1) is 0 Å². The number of carboxylic acids is 1. The molecule has 1 aliphatic heterocycles. The number of carbonyl (C=O) groups excluding carboxylic acids is 1. The van der Waals surface area contributed by atoms with E-state index in [0.717, 1.165) is 0 Å². The highest BCUT2D eigenvalue weighted by Gasteiger charge is 2.40. The Hall–Kier alpha value is -1.30. The van der Waals surface area contributed by atoms with Crippen molar-refractivity contribution >= 4 is 35.1 Å². The summed E-state index contributed by atoms with van der Waals surface area (Å²) in [5.74, 6) is -1.87. The SMILES string of the molecule is CC1CC(C(=O)NC(C)(C(=O)O)c2ccc(Cl)c(Cl)c2)CO1. The number of hydrogen-bond donors (Lipinski definition) is 2. The molecule has 2 N–H and O–H groups in total. The van der Waals surface area contributed by atoms with Crippen LogP contribution in [-0.2, 0) is 19.9 Å². The summed E-state index contributed by atoms with van der Waals surface area (Å²) in [5.41, 5.74) is -1.23. The molecule has 0 aliphatic carbocycles. The van der Waals surface area contributed by atoms with Gasteiger partial charge in [-0.2, -0.15) is 0 Å². The lowest BCUT2D eigenvalue weighted by molar-refractivity contribution is -0.148. The molecule has 0 spiro atoms. The van der Waals surface area contributed by atoms with Crippen LogP contribution < -0.4 is 5.32 Å². The molecule has 0 bridgehead atoms. The quantitative estimate of drug-likeness (QED) is 0.879. The Morgan fingerprint density at radius 2 is 2.05 bits per heavy atom. The molecule has 0 saturated carbocycles. The largest absolute Gasteiger partial charge is 0.479 e. The fraction of sp³-hybridized carbons (Fsp3) is 0.467. The average Bonchev–Trinajstić information content (AvgIpc) is 2.88. The summed E-state index contributed by atoms with van der Waals surface area (Å²) in [6, 6.07) is 4.50. The molecule has 1 saturated heterocycles. The van der Waals surface area contributed by atoms with Crippen molar-refractivity contribution in [1.29, 1.82) is 0 Å². The summed E-state index contributed by atoms with van der Waals surface area (Å²) in [7, 11) is 0. The van der Waals surface area contributed by atoms with Gasteiger partial charge in [0, 0.05) is 0 Å². The summed E-state index contributed by atoms with van der Waals surface area (Å²) in [5, 5.41) is 12.7. The van der Waals surface area contributed by atoms with E-state index < -0.39 is 11.5 Å². The van der Waals surface area contributed by atoms with Crippen molar-refractivity contribution < 1.29 is 19.4 Å². The van der Waals surface area contributed by atoms with Gasteiger partial charge in [0.25, 0.3) is 0 Å². The van der Waals surface area contributed by atoms with Crippen molar-refractivity contribution in [3.05, 3.63) is 33.8 Å². The van der Waals surface area contributed by atoms with E-state index in [1.165, 1.54) is 25.1 Å². The van der Waals surface area contributed by atoms with E-state index in [1.54, 1.807) is 0 Å². The monoisotopic (exact) mass is 345 g/mol. The second-order valence-electron chi connectivity index (χ2n) is 5.62. The van der Waals surface area contributed by atoms with Crippen LogP contribution in [0.4, 0.5) is 0 Å². The van der Waals surface area contributed by atoms with Crippen LogP contribution >= 0.6 is 23.2 Å². The van der Waals surface area contributed by atoms with E-state index in [2.05, 4.69) is 5.32 Å². The Morgan fingerprint density at radius 1 is 1.36 bits per heavy atom. The van der Waals surface area contributed by atoms with Gasteiger partial charge >= 0.3 is 5.97 Å². The number of rotatable bonds is 4. The minimum absolute atomic E-state index is 0.00295. The molecule has 120 valence electrons. The normalized spacial score (nSPS) is 23.8. The van der Waals surface area contributed by atoms with Gasteiger partial charge in [-0.3, -0.25) is 4.79 Å². The number of carbonyl (C=O) groups is 2. The molecule has 1 aromatic carbocycles. The number of nitrogens with one attached hydrogen (secondary N) is 1. The van der Waals surface area contributed by atoms with E-state index >= 15 is 0 Å². The van der Waals surface area contributed by atoms with Crippen LogP contribution in [0.1, 0.15) is 25.8 Å². The number of benzene rings is 1. The molecule has 1 aromatic rings. The molecular weight excluding hydrogens is 329 g/mol. The van der Waals surface area contributed by atoms with Gasteiger partial charge in [-0.1, -0.05) is 29.3 Å². The van der Waals surface area contributed by atoms with Crippen molar-refractivity contribution in [1.82, 2.24) is 5.32 Å². The Kier molecular flexibility index (Phi) is 5.00. The number of halogens is 2. The number of ether oxygens (including phenoxy) is 1. The zero-order chi connectivity index (χ0) is 16.5. The first-order valence-corrected chi connectivity index (χ1v) is 7.62. The zero-order valence-electron chi connectivity index (χ0n) is 12.2. The van der Waals surface area contributed by atoms with Gasteiger partial charge in [0.1, 0.15) is 0 Å². The van der Waals surface area contributed by atoms with Gasteiger partial charge in [0.05, 0.1) is 28.7 Å². The van der Waals surface area contributed by atoms with Crippen LogP contribution in [-0.4, -0.2) is 29.7 Å². The standard InChI is InChI=1S/C15H17Cl2NO4/c1-8-5-9(7-22-8)13(19)18-15(2,14(20)21)10-3-4-11(16)12(17)6-10/h3-4,6,8-9H,5,7H2,1-2H3,(H,18,19)(H,20,21). The van der Waals surface area contributed by atoms with E-state index in [0.29, 0.717) is 23.6 Å². The molecule has 22 heavy (non-hydrogen) atoms. The summed E-state index contributed by atoms with van der Waals surface area (Å²) < 4.78 is 5.36. The Bertz CT molecular complexity index is 607. The van der Waals surface area contributed by atoms with E-state index in [1.807, 2.05) is 6.92 Å². The minimum Gasteiger partial charge on any atom is -0.479 e. The molecule has 1 fully saturated rings. The lowest BCUT2D eigenvalue weighted by Gasteiger charge is -2.28. The minimum atomic E-state index is -1.59. The van der Waals surface area contributed by atoms with Crippen molar-refractivity contribution in [3.63, 3.8) is 0 Å². The number of amides is 1. The third kappa shape index (κ3) is 3.37. The van der Waals surface area contributed by atoms with Crippen molar-refractivity contribution in [2.45, 2.75) is 31.9 Å². The predicted molar refractivity (Wildman–Crippen MR) is 83.1 cm³/mol. The average molecular weight is 346 g/mol. The Labute approximate surface area is 138 Å². The molecule has 2 rings (SSSR count). The first kappa shape index (κ1) is 17.1. The highest BCUT2D eigenvalue weighted by Crippen LogP contribution is 2.30. The third-order valence-corrected chi connectivity index (χ3v) is 4.61. The van der Waals surface area contributed by atoms with Gasteiger partial charge in [0.15, 0.2) is 5.54 Å². The maximum Gasteiger partial charge on any atom is 0.333 e. The van der Waals surface area contributed by atoms with Crippen molar-refractivity contribution in [3.8, 4) is 0 Å². The van der Waals surface area contributed by atoms with Gasteiger partial charge in [-0.05, 0) is 38.0 Å². The van der Waals surface area contributed by atoms with Gasteiger partial charge < -0.3 is 15.2 Å². The molecule has 5 nitrogen and oxygen atoms in total. The van der Waals surface area contributed by atoms with Gasteiger partial charge in [-0.25, -0.2) is 4.79 Å². The Balaban J connectivity index is 2.26. The molecule has 1 amide bonds. The van der Waals surface area contributed by atoms with E-state index in [4.69, 9.17) is 27.9 Å². The molecule has 3 atom stereocenters. The first-order valence-electron chi connectivity index (χ1n) is 6.86. The van der Waals surface area contributed by atoms with Crippen LogP contribution in [0.5, 0.6) is 0 Å². The summed E-state index contributed by atoms with van der Waals surface area (Å²) >= 11 is 11.8. The van der Waals surface area contributed by atoms with Crippen molar-refractivity contribution in [2.75, 3.05) is 6.61 Å². The molecular formula is C15H17Cl2NO4. The molecule has 1 aliphatic rings. The number of carboxylic acid groups (broad SMARTS) is 1. The number of aliphatic carboxylic acids is 1. The second-order valence-corrected chi connectivity index (χ2v) is 6.44. The second kappa shape index (κ2) is 6.44. The fourth-order valence-electron chi connectivity index (χ4n) is 2.40. The molecule has 0 radical (unpaired) electrons. The molecule has 3 unspecified atom stereocenters. The maximum absolute atomic E-state index is 12.3. The third-order valence-electron chi connectivity index (χ3n) is 3.87. The van der Waals surface area contributed by atoms with Crippen LogP contribution in [0.3, 0.4) is 0 Å². The summed E-state index contributed by atoms with van der Waals surface area (Å²) in [6.07, 6.45) is 0.569. The first-order chi connectivity index (χ1) is 10.2.